The molecule has 2 aromatic rings. The Morgan fingerprint density at radius 2 is 2.21 bits per heavy atom. The molecular weight excluding hydrogens is 282 g/mol. The number of hydrogen-bond acceptors (Lipinski definition) is 4. The van der Waals surface area contributed by atoms with Crippen molar-refractivity contribution in [3.05, 3.63) is 58.9 Å². The maximum Gasteiger partial charge on any atom is 0.188 e. The van der Waals surface area contributed by atoms with Crippen molar-refractivity contribution in [2.24, 2.45) is 10.9 Å². The van der Waals surface area contributed by atoms with E-state index in [1.165, 1.54) is 0 Å². The second kappa shape index (κ2) is 6.45. The minimum absolute atomic E-state index is 0.00889. The summed E-state index contributed by atoms with van der Waals surface area (Å²) in [5.41, 5.74) is 7.01. The third-order valence-electron chi connectivity index (χ3n) is 2.40. The minimum Gasteiger partial charge on any atom is -0.409 e. The maximum absolute atomic E-state index is 8.62. The van der Waals surface area contributed by atoms with Gasteiger partial charge >= 0.3 is 0 Å². The van der Waals surface area contributed by atoms with Crippen molar-refractivity contribution < 1.29 is 5.21 Å². The van der Waals surface area contributed by atoms with Gasteiger partial charge in [-0.2, -0.15) is 0 Å². The average Bonchev–Trinajstić information content (AvgIpc) is 2.45. The molecular formula is C13H12ClN3OS. The predicted octanol–water partition coefficient (Wildman–Crippen LogP) is 3.12. The molecule has 0 fully saturated rings. The Morgan fingerprint density at radius 3 is 2.95 bits per heavy atom. The first-order valence-electron chi connectivity index (χ1n) is 5.50. The van der Waals surface area contributed by atoms with Gasteiger partial charge in [0.05, 0.1) is 0 Å². The summed E-state index contributed by atoms with van der Waals surface area (Å²) >= 11 is 7.59. The van der Waals surface area contributed by atoms with E-state index < -0.39 is 0 Å². The number of thioether (sulfide) groups is 1. The van der Waals surface area contributed by atoms with Crippen LogP contribution in [0, 0.1) is 0 Å². The number of oxime groups is 1. The molecule has 19 heavy (non-hydrogen) atoms. The maximum atomic E-state index is 8.62. The molecule has 0 bridgehead atoms. The summed E-state index contributed by atoms with van der Waals surface area (Å²) in [4.78, 5) is 5.13. The molecule has 6 heteroatoms. The molecule has 0 saturated heterocycles. The van der Waals surface area contributed by atoms with Crippen LogP contribution in [0.5, 0.6) is 0 Å². The number of nitrogens with zero attached hydrogens (tertiary/aromatic N) is 2. The Kier molecular flexibility index (Phi) is 4.65. The number of hydrogen-bond donors (Lipinski definition) is 2. The van der Waals surface area contributed by atoms with Crippen molar-refractivity contribution in [1.82, 2.24) is 4.98 Å². The van der Waals surface area contributed by atoms with Gasteiger partial charge in [0.1, 0.15) is 5.69 Å². The van der Waals surface area contributed by atoms with Gasteiger partial charge in [-0.15, -0.1) is 11.8 Å². The highest BCUT2D eigenvalue weighted by molar-refractivity contribution is 7.98. The van der Waals surface area contributed by atoms with Crippen LogP contribution < -0.4 is 5.73 Å². The topological polar surface area (TPSA) is 71.5 Å². The fraction of sp³-hybridized carbons (Fsp3) is 0.0769. The summed E-state index contributed by atoms with van der Waals surface area (Å²) in [6.45, 7) is 0. The zero-order valence-electron chi connectivity index (χ0n) is 9.95. The molecule has 0 amide bonds. The number of amidine groups is 1. The standard InChI is InChI=1S/C13H12ClN3OS/c14-10-2-1-3-11(7-10)19-8-9-4-5-16-12(6-9)13(15)17-18/h1-7,18H,8H2,(H2,15,17). The van der Waals surface area contributed by atoms with E-state index in [2.05, 4.69) is 10.1 Å². The van der Waals surface area contributed by atoms with Crippen molar-refractivity contribution >= 4 is 29.2 Å². The Hall–Kier alpha value is -1.72. The quantitative estimate of drug-likeness (QED) is 0.299. The number of benzene rings is 1. The monoisotopic (exact) mass is 293 g/mol. The molecule has 3 N–H and O–H groups in total. The molecule has 0 aliphatic carbocycles. The first kappa shape index (κ1) is 13.7. The fourth-order valence-corrected chi connectivity index (χ4v) is 2.63. The van der Waals surface area contributed by atoms with E-state index in [0.29, 0.717) is 5.69 Å². The Balaban J connectivity index is 2.08. The van der Waals surface area contributed by atoms with Gasteiger partial charge in [0.25, 0.3) is 0 Å². The van der Waals surface area contributed by atoms with E-state index in [-0.39, 0.29) is 5.84 Å². The highest BCUT2D eigenvalue weighted by atomic mass is 35.5. The molecule has 98 valence electrons. The molecule has 0 aliphatic rings. The smallest absolute Gasteiger partial charge is 0.188 e. The lowest BCUT2D eigenvalue weighted by Gasteiger charge is -2.04. The van der Waals surface area contributed by atoms with Gasteiger partial charge in [0.2, 0.25) is 0 Å². The molecule has 4 nitrogen and oxygen atoms in total. The number of aromatic nitrogens is 1. The van der Waals surface area contributed by atoms with Crippen molar-refractivity contribution in [1.29, 1.82) is 0 Å². The predicted molar refractivity (Wildman–Crippen MR) is 77.8 cm³/mol. The zero-order chi connectivity index (χ0) is 13.7. The summed E-state index contributed by atoms with van der Waals surface area (Å²) in [5, 5.41) is 12.3. The zero-order valence-corrected chi connectivity index (χ0v) is 11.5. The lowest BCUT2D eigenvalue weighted by Crippen LogP contribution is -2.15. The van der Waals surface area contributed by atoms with E-state index in [9.17, 15) is 0 Å². The van der Waals surface area contributed by atoms with Crippen LogP contribution >= 0.6 is 23.4 Å². The van der Waals surface area contributed by atoms with Crippen LogP contribution in [0.3, 0.4) is 0 Å². The van der Waals surface area contributed by atoms with Gasteiger partial charge in [-0.05, 0) is 35.9 Å². The largest absolute Gasteiger partial charge is 0.409 e. The van der Waals surface area contributed by atoms with Crippen molar-refractivity contribution in [3.8, 4) is 0 Å². The second-order valence-corrected chi connectivity index (χ2v) is 5.27. The first-order valence-corrected chi connectivity index (χ1v) is 6.86. The van der Waals surface area contributed by atoms with Crippen LogP contribution in [0.25, 0.3) is 0 Å². The third kappa shape index (κ3) is 3.87. The Bertz CT molecular complexity index is 604. The molecule has 0 saturated carbocycles. The fourth-order valence-electron chi connectivity index (χ4n) is 1.48. The van der Waals surface area contributed by atoms with Gasteiger partial charge in [0.15, 0.2) is 5.84 Å². The molecule has 2 rings (SSSR count). The summed E-state index contributed by atoms with van der Waals surface area (Å²) in [6.07, 6.45) is 1.64. The molecule has 1 heterocycles. The molecule has 0 atom stereocenters. The number of nitrogens with two attached hydrogens (primary N) is 1. The van der Waals surface area contributed by atoms with Gasteiger partial charge in [-0.3, -0.25) is 4.98 Å². The van der Waals surface area contributed by atoms with Crippen LogP contribution in [0.15, 0.2) is 52.6 Å². The number of pyridine rings is 1. The van der Waals surface area contributed by atoms with Gasteiger partial charge in [-0.25, -0.2) is 0 Å². The Morgan fingerprint density at radius 1 is 1.37 bits per heavy atom. The van der Waals surface area contributed by atoms with Crippen LogP contribution in [0.2, 0.25) is 5.02 Å². The lowest BCUT2D eigenvalue weighted by atomic mass is 10.2. The third-order valence-corrected chi connectivity index (χ3v) is 3.70. The molecule has 0 aliphatic heterocycles. The van der Waals surface area contributed by atoms with Crippen molar-refractivity contribution in [2.45, 2.75) is 10.6 Å². The van der Waals surface area contributed by atoms with Crippen LogP contribution in [-0.2, 0) is 5.75 Å². The van der Waals surface area contributed by atoms with Gasteiger partial charge in [0, 0.05) is 21.9 Å². The van der Waals surface area contributed by atoms with E-state index in [1.807, 2.05) is 30.3 Å². The number of halogens is 1. The molecule has 0 spiro atoms. The second-order valence-electron chi connectivity index (χ2n) is 3.78. The lowest BCUT2D eigenvalue weighted by molar-refractivity contribution is 0.318. The van der Waals surface area contributed by atoms with E-state index in [1.54, 1.807) is 24.0 Å². The van der Waals surface area contributed by atoms with Crippen LogP contribution in [0.4, 0.5) is 0 Å². The van der Waals surface area contributed by atoms with E-state index in [4.69, 9.17) is 22.5 Å². The van der Waals surface area contributed by atoms with Gasteiger partial charge < -0.3 is 10.9 Å². The first-order chi connectivity index (χ1) is 9.19. The van der Waals surface area contributed by atoms with Gasteiger partial charge in [-0.1, -0.05) is 22.8 Å². The highest BCUT2D eigenvalue weighted by Crippen LogP contribution is 2.25. The SMILES string of the molecule is NC(=NO)c1cc(CSc2cccc(Cl)c2)ccn1. The summed E-state index contributed by atoms with van der Waals surface area (Å²) in [6, 6.07) is 11.4. The average molecular weight is 294 g/mol. The number of rotatable bonds is 4. The molecule has 1 aromatic heterocycles. The van der Waals surface area contributed by atoms with Crippen molar-refractivity contribution in [3.63, 3.8) is 0 Å². The van der Waals surface area contributed by atoms with E-state index >= 15 is 0 Å². The molecule has 0 radical (unpaired) electrons. The summed E-state index contributed by atoms with van der Waals surface area (Å²) in [7, 11) is 0. The molecule has 1 aromatic carbocycles. The molecule has 0 unspecified atom stereocenters. The van der Waals surface area contributed by atoms with E-state index in [0.717, 1.165) is 21.2 Å². The van der Waals surface area contributed by atoms with Crippen LogP contribution in [-0.4, -0.2) is 16.0 Å². The van der Waals surface area contributed by atoms with Crippen LogP contribution in [0.1, 0.15) is 11.3 Å². The summed E-state index contributed by atoms with van der Waals surface area (Å²) < 4.78 is 0. The Labute approximate surface area is 120 Å². The minimum atomic E-state index is 0.00889. The normalized spacial score (nSPS) is 11.5. The van der Waals surface area contributed by atoms with Crippen molar-refractivity contribution in [2.75, 3.05) is 0 Å². The summed E-state index contributed by atoms with van der Waals surface area (Å²) in [5.74, 6) is 0.767. The highest BCUT2D eigenvalue weighted by Gasteiger charge is 2.03.